The van der Waals surface area contributed by atoms with Gasteiger partial charge in [0.05, 0.1) is 14.2 Å². The third kappa shape index (κ3) is 5.59. The fraction of sp³-hybridized carbons (Fsp3) is 0.389. The number of aromatic nitrogens is 2. The van der Waals surface area contributed by atoms with E-state index in [4.69, 9.17) is 9.47 Å². The highest BCUT2D eigenvalue weighted by molar-refractivity contribution is 6.02. The predicted octanol–water partition coefficient (Wildman–Crippen LogP) is 2.11. The van der Waals surface area contributed by atoms with Gasteiger partial charge in [0.15, 0.2) is 17.2 Å². The number of anilines is 2. The van der Waals surface area contributed by atoms with Crippen LogP contribution in [0.25, 0.3) is 0 Å². The van der Waals surface area contributed by atoms with Gasteiger partial charge in [-0.2, -0.15) is 0 Å². The number of nitrogens with zero attached hydrogens (tertiary/aromatic N) is 3. The summed E-state index contributed by atoms with van der Waals surface area (Å²) in [5.41, 5.74) is 0.818. The summed E-state index contributed by atoms with van der Waals surface area (Å²) in [7, 11) is 7.16. The molecule has 1 amide bonds. The molecule has 0 unspecified atom stereocenters. The van der Waals surface area contributed by atoms with Gasteiger partial charge in [-0.15, -0.1) is 10.2 Å². The van der Waals surface area contributed by atoms with Crippen LogP contribution in [0.5, 0.6) is 11.5 Å². The maximum Gasteiger partial charge on any atom is 0.276 e. The van der Waals surface area contributed by atoms with Gasteiger partial charge in [0.1, 0.15) is 5.82 Å². The smallest absolute Gasteiger partial charge is 0.276 e. The Hall–Kier alpha value is -2.87. The molecular formula is C18H25N5O3. The lowest BCUT2D eigenvalue weighted by atomic mass is 10.2. The zero-order chi connectivity index (χ0) is 18.9. The Morgan fingerprint density at radius 1 is 1.08 bits per heavy atom. The van der Waals surface area contributed by atoms with E-state index in [0.29, 0.717) is 23.0 Å². The van der Waals surface area contributed by atoms with Crippen molar-refractivity contribution in [2.24, 2.45) is 0 Å². The molecule has 0 radical (unpaired) electrons. The Morgan fingerprint density at radius 2 is 1.85 bits per heavy atom. The van der Waals surface area contributed by atoms with Crippen molar-refractivity contribution < 1.29 is 14.3 Å². The number of methoxy groups -OCH3 is 2. The second-order valence-electron chi connectivity index (χ2n) is 5.91. The number of hydrogen-bond donors (Lipinski definition) is 2. The minimum Gasteiger partial charge on any atom is -0.493 e. The van der Waals surface area contributed by atoms with Crippen molar-refractivity contribution >= 4 is 17.4 Å². The maximum atomic E-state index is 12.3. The van der Waals surface area contributed by atoms with Gasteiger partial charge >= 0.3 is 0 Å². The van der Waals surface area contributed by atoms with Crippen LogP contribution in [0.1, 0.15) is 16.9 Å². The van der Waals surface area contributed by atoms with E-state index in [1.807, 2.05) is 14.1 Å². The highest BCUT2D eigenvalue weighted by atomic mass is 16.5. The Kier molecular flexibility index (Phi) is 7.16. The number of nitrogens with one attached hydrogen (secondary N) is 2. The van der Waals surface area contributed by atoms with E-state index in [1.165, 1.54) is 0 Å². The molecule has 0 aliphatic heterocycles. The van der Waals surface area contributed by atoms with Gasteiger partial charge < -0.3 is 25.0 Å². The fourth-order valence-corrected chi connectivity index (χ4v) is 2.27. The highest BCUT2D eigenvalue weighted by Gasteiger charge is 2.11. The third-order valence-corrected chi connectivity index (χ3v) is 3.63. The van der Waals surface area contributed by atoms with Crippen LogP contribution in [0.4, 0.5) is 11.5 Å². The SMILES string of the molecule is COc1ccc(NC(=O)c2ccc(NCCCN(C)C)nn2)cc1OC. The summed E-state index contributed by atoms with van der Waals surface area (Å²) in [4.78, 5) is 14.4. The monoisotopic (exact) mass is 359 g/mol. The van der Waals surface area contributed by atoms with Gasteiger partial charge in [0.25, 0.3) is 5.91 Å². The molecule has 2 rings (SSSR count). The number of ether oxygens (including phenoxy) is 2. The van der Waals surface area contributed by atoms with Gasteiger partial charge in [-0.25, -0.2) is 0 Å². The second-order valence-corrected chi connectivity index (χ2v) is 5.91. The first-order chi connectivity index (χ1) is 12.5. The molecule has 1 heterocycles. The number of amides is 1. The molecule has 1 aromatic carbocycles. The fourth-order valence-electron chi connectivity index (χ4n) is 2.27. The standard InChI is InChI=1S/C18H25N5O3/c1-23(2)11-5-10-19-17-9-7-14(21-22-17)18(24)20-13-6-8-15(25-3)16(12-13)26-4/h6-9,12H,5,10-11H2,1-4H3,(H,19,22)(H,20,24). The molecule has 8 heteroatoms. The van der Waals surface area contributed by atoms with Crippen molar-refractivity contribution in [2.45, 2.75) is 6.42 Å². The maximum absolute atomic E-state index is 12.3. The summed E-state index contributed by atoms with van der Waals surface area (Å²) in [6.07, 6.45) is 0.996. The molecule has 0 saturated carbocycles. The van der Waals surface area contributed by atoms with Crippen LogP contribution >= 0.6 is 0 Å². The third-order valence-electron chi connectivity index (χ3n) is 3.63. The van der Waals surface area contributed by atoms with E-state index in [2.05, 4.69) is 25.7 Å². The summed E-state index contributed by atoms with van der Waals surface area (Å²) in [6.45, 7) is 1.79. The first kappa shape index (κ1) is 19.5. The molecule has 0 saturated heterocycles. The Bertz CT molecular complexity index is 719. The van der Waals surface area contributed by atoms with E-state index >= 15 is 0 Å². The lowest BCUT2D eigenvalue weighted by Crippen LogP contribution is -2.17. The first-order valence-electron chi connectivity index (χ1n) is 8.29. The van der Waals surface area contributed by atoms with E-state index in [-0.39, 0.29) is 11.6 Å². The molecular weight excluding hydrogens is 334 g/mol. The topological polar surface area (TPSA) is 88.6 Å². The average molecular weight is 359 g/mol. The minimum absolute atomic E-state index is 0.235. The van der Waals surface area contributed by atoms with Crippen LogP contribution in [0.2, 0.25) is 0 Å². The molecule has 0 bridgehead atoms. The Balaban J connectivity index is 1.93. The molecule has 26 heavy (non-hydrogen) atoms. The molecule has 2 N–H and O–H groups in total. The van der Waals surface area contributed by atoms with Crippen molar-refractivity contribution in [2.75, 3.05) is 52.0 Å². The van der Waals surface area contributed by atoms with Crippen molar-refractivity contribution in [1.29, 1.82) is 0 Å². The van der Waals surface area contributed by atoms with E-state index in [0.717, 1.165) is 19.5 Å². The van der Waals surface area contributed by atoms with E-state index in [1.54, 1.807) is 44.6 Å². The molecule has 140 valence electrons. The molecule has 0 fully saturated rings. The van der Waals surface area contributed by atoms with Gasteiger partial charge in [-0.3, -0.25) is 4.79 Å². The average Bonchev–Trinajstić information content (AvgIpc) is 2.65. The van der Waals surface area contributed by atoms with Gasteiger partial charge in [-0.05, 0) is 51.3 Å². The number of carbonyl (C=O) groups excluding carboxylic acids is 1. The van der Waals surface area contributed by atoms with Gasteiger partial charge in [-0.1, -0.05) is 0 Å². The van der Waals surface area contributed by atoms with Crippen LogP contribution in [-0.4, -0.2) is 62.4 Å². The molecule has 8 nitrogen and oxygen atoms in total. The number of rotatable bonds is 9. The van der Waals surface area contributed by atoms with E-state index in [9.17, 15) is 4.79 Å². The Labute approximate surface area is 153 Å². The zero-order valence-electron chi connectivity index (χ0n) is 15.6. The molecule has 0 atom stereocenters. The summed E-state index contributed by atoms with van der Waals surface area (Å²) in [5.74, 6) is 1.43. The lowest BCUT2D eigenvalue weighted by molar-refractivity contribution is 0.102. The van der Waals surface area contributed by atoms with Gasteiger partial charge in [0.2, 0.25) is 0 Å². The summed E-state index contributed by atoms with van der Waals surface area (Å²) >= 11 is 0. The minimum atomic E-state index is -0.344. The van der Waals surface area contributed by atoms with E-state index < -0.39 is 0 Å². The largest absolute Gasteiger partial charge is 0.493 e. The van der Waals surface area contributed by atoms with Crippen LogP contribution in [0.15, 0.2) is 30.3 Å². The normalized spacial score (nSPS) is 10.5. The second kappa shape index (κ2) is 9.57. The number of benzene rings is 1. The quantitative estimate of drug-likeness (QED) is 0.663. The Morgan fingerprint density at radius 3 is 2.46 bits per heavy atom. The molecule has 0 aliphatic carbocycles. The van der Waals surface area contributed by atoms with Crippen molar-refractivity contribution in [3.8, 4) is 11.5 Å². The van der Waals surface area contributed by atoms with Crippen LogP contribution < -0.4 is 20.1 Å². The number of hydrogen-bond acceptors (Lipinski definition) is 7. The molecule has 0 spiro atoms. The highest BCUT2D eigenvalue weighted by Crippen LogP contribution is 2.29. The lowest BCUT2D eigenvalue weighted by Gasteiger charge is -2.11. The summed E-state index contributed by atoms with van der Waals surface area (Å²) < 4.78 is 10.4. The summed E-state index contributed by atoms with van der Waals surface area (Å²) in [5, 5.41) is 14.0. The van der Waals surface area contributed by atoms with Crippen LogP contribution in [-0.2, 0) is 0 Å². The molecule has 2 aromatic rings. The van der Waals surface area contributed by atoms with Crippen LogP contribution in [0, 0.1) is 0 Å². The van der Waals surface area contributed by atoms with Gasteiger partial charge in [0, 0.05) is 18.3 Å². The number of carbonyl (C=O) groups is 1. The predicted molar refractivity (Wildman–Crippen MR) is 101 cm³/mol. The molecule has 0 aliphatic rings. The zero-order valence-corrected chi connectivity index (χ0v) is 15.6. The van der Waals surface area contributed by atoms with Crippen LogP contribution in [0.3, 0.4) is 0 Å². The first-order valence-corrected chi connectivity index (χ1v) is 8.29. The van der Waals surface area contributed by atoms with Crippen molar-refractivity contribution in [3.05, 3.63) is 36.0 Å². The summed E-state index contributed by atoms with van der Waals surface area (Å²) in [6, 6.07) is 8.52. The van der Waals surface area contributed by atoms with Crippen molar-refractivity contribution in [3.63, 3.8) is 0 Å². The van der Waals surface area contributed by atoms with Crippen molar-refractivity contribution in [1.82, 2.24) is 15.1 Å². The molecule has 1 aromatic heterocycles.